The van der Waals surface area contributed by atoms with E-state index in [1.165, 1.54) is 50.5 Å². The van der Waals surface area contributed by atoms with Crippen LogP contribution in [0.5, 0.6) is 0 Å². The molecule has 1 aromatic rings. The average molecular weight is 311 g/mol. The van der Waals surface area contributed by atoms with Crippen LogP contribution >= 0.6 is 0 Å². The molecule has 0 bridgehead atoms. The zero-order chi connectivity index (χ0) is 16.5. The minimum atomic E-state index is 0.417. The topological polar surface area (TPSA) is 0 Å². The summed E-state index contributed by atoms with van der Waals surface area (Å²) >= 11 is 0. The maximum absolute atomic E-state index is 2.67. The molecular formula is C23H34. The van der Waals surface area contributed by atoms with Crippen LogP contribution in [0.1, 0.15) is 82.9 Å². The molecule has 0 radical (unpaired) electrons. The highest BCUT2D eigenvalue weighted by molar-refractivity contribution is 5.41. The van der Waals surface area contributed by atoms with Crippen LogP contribution in [0.3, 0.4) is 0 Å². The molecule has 3 aliphatic rings. The summed E-state index contributed by atoms with van der Waals surface area (Å²) in [5, 5.41) is 0. The van der Waals surface area contributed by atoms with Gasteiger partial charge < -0.3 is 0 Å². The van der Waals surface area contributed by atoms with Gasteiger partial charge >= 0.3 is 0 Å². The second-order valence-electron chi connectivity index (χ2n) is 10.1. The van der Waals surface area contributed by atoms with E-state index in [4.69, 9.17) is 0 Å². The van der Waals surface area contributed by atoms with Crippen molar-refractivity contribution < 1.29 is 0 Å². The zero-order valence-corrected chi connectivity index (χ0v) is 15.8. The predicted molar refractivity (Wildman–Crippen MR) is 98.8 cm³/mol. The highest BCUT2D eigenvalue weighted by atomic mass is 14.6. The van der Waals surface area contributed by atoms with Crippen LogP contribution in [0.2, 0.25) is 0 Å². The van der Waals surface area contributed by atoms with Crippen molar-refractivity contribution in [2.45, 2.75) is 85.0 Å². The van der Waals surface area contributed by atoms with E-state index in [1.807, 2.05) is 0 Å². The largest absolute Gasteiger partial charge is 0.0596 e. The highest BCUT2D eigenvalue weighted by Gasteiger charge is 2.59. The molecule has 0 aliphatic heterocycles. The van der Waals surface area contributed by atoms with Crippen molar-refractivity contribution in [3.63, 3.8) is 0 Å². The first-order chi connectivity index (χ1) is 10.8. The maximum Gasteiger partial charge on any atom is -0.00388 e. The standard InChI is InChI=1S/C23H34/c1-16-7-9-18-17(15-16)8-10-20-22(18,4)14-11-19-21(2,3)12-6-13-23(19,20)5/h7,9,15,19-20H,6,8,10-14H2,1-5H3. The van der Waals surface area contributed by atoms with Gasteiger partial charge in [-0.05, 0) is 84.7 Å². The van der Waals surface area contributed by atoms with Crippen LogP contribution in [-0.2, 0) is 11.8 Å². The number of benzene rings is 1. The van der Waals surface area contributed by atoms with Crippen LogP contribution < -0.4 is 0 Å². The molecule has 1 aromatic carbocycles. The van der Waals surface area contributed by atoms with Gasteiger partial charge in [0.2, 0.25) is 0 Å². The molecule has 0 amide bonds. The molecule has 2 saturated carbocycles. The minimum absolute atomic E-state index is 0.417. The summed E-state index contributed by atoms with van der Waals surface area (Å²) in [5.74, 6) is 1.80. The van der Waals surface area contributed by atoms with Gasteiger partial charge in [0.15, 0.2) is 0 Å². The Balaban J connectivity index is 1.80. The molecule has 2 fully saturated rings. The van der Waals surface area contributed by atoms with Gasteiger partial charge in [0.1, 0.15) is 0 Å². The Morgan fingerprint density at radius 1 is 0.913 bits per heavy atom. The molecule has 0 spiro atoms. The van der Waals surface area contributed by atoms with Gasteiger partial charge in [-0.15, -0.1) is 0 Å². The molecular weight excluding hydrogens is 276 g/mol. The number of hydrogen-bond acceptors (Lipinski definition) is 0. The third kappa shape index (κ3) is 2.09. The third-order valence-corrected chi connectivity index (χ3v) is 8.37. The predicted octanol–water partition coefficient (Wildman–Crippen LogP) is 6.44. The summed E-state index contributed by atoms with van der Waals surface area (Å²) in [5.41, 5.74) is 6.30. The van der Waals surface area contributed by atoms with Crippen molar-refractivity contribution in [2.24, 2.45) is 22.7 Å². The van der Waals surface area contributed by atoms with E-state index in [9.17, 15) is 0 Å². The molecule has 4 unspecified atom stereocenters. The lowest BCUT2D eigenvalue weighted by atomic mass is 9.40. The summed E-state index contributed by atoms with van der Waals surface area (Å²) in [4.78, 5) is 0. The van der Waals surface area contributed by atoms with E-state index >= 15 is 0 Å². The van der Waals surface area contributed by atoms with Crippen molar-refractivity contribution >= 4 is 0 Å². The van der Waals surface area contributed by atoms with E-state index < -0.39 is 0 Å². The Labute approximate surface area is 143 Å². The summed E-state index contributed by atoms with van der Waals surface area (Å²) < 4.78 is 0. The average Bonchev–Trinajstić information content (AvgIpc) is 2.45. The molecule has 3 aliphatic carbocycles. The van der Waals surface area contributed by atoms with Crippen LogP contribution in [0.15, 0.2) is 18.2 Å². The van der Waals surface area contributed by atoms with Crippen molar-refractivity contribution in [3.05, 3.63) is 34.9 Å². The number of aryl methyl sites for hydroxylation is 2. The number of hydrogen-bond donors (Lipinski definition) is 0. The van der Waals surface area contributed by atoms with Gasteiger partial charge in [-0.3, -0.25) is 0 Å². The lowest BCUT2D eigenvalue weighted by Gasteiger charge is -2.64. The fourth-order valence-corrected chi connectivity index (χ4v) is 7.41. The van der Waals surface area contributed by atoms with Crippen LogP contribution in [0.4, 0.5) is 0 Å². The Kier molecular flexibility index (Phi) is 3.33. The van der Waals surface area contributed by atoms with Crippen LogP contribution in [-0.4, -0.2) is 0 Å². The van der Waals surface area contributed by atoms with E-state index in [-0.39, 0.29) is 0 Å². The van der Waals surface area contributed by atoms with Gasteiger partial charge in [-0.25, -0.2) is 0 Å². The van der Waals surface area contributed by atoms with E-state index in [0.717, 1.165) is 11.8 Å². The SMILES string of the molecule is Cc1ccc2c(c1)CCC1C2(C)CCC2C(C)(C)CCCC21C. The molecule has 0 aromatic heterocycles. The van der Waals surface area contributed by atoms with Crippen molar-refractivity contribution in [1.82, 2.24) is 0 Å². The monoisotopic (exact) mass is 310 g/mol. The first-order valence-corrected chi connectivity index (χ1v) is 9.87. The second-order valence-corrected chi connectivity index (χ2v) is 10.1. The number of fused-ring (bicyclic) bond motifs is 5. The first-order valence-electron chi connectivity index (χ1n) is 9.87. The van der Waals surface area contributed by atoms with Crippen LogP contribution in [0.25, 0.3) is 0 Å². The molecule has 4 rings (SSSR count). The summed E-state index contributed by atoms with van der Waals surface area (Å²) in [6, 6.07) is 7.30. The lowest BCUT2D eigenvalue weighted by Crippen LogP contribution is -2.57. The molecule has 0 heterocycles. The molecule has 126 valence electrons. The Morgan fingerprint density at radius 3 is 2.48 bits per heavy atom. The van der Waals surface area contributed by atoms with Gasteiger partial charge in [0.25, 0.3) is 0 Å². The second kappa shape index (κ2) is 4.87. The first kappa shape index (κ1) is 15.7. The molecule has 23 heavy (non-hydrogen) atoms. The zero-order valence-electron chi connectivity index (χ0n) is 15.8. The lowest BCUT2D eigenvalue weighted by molar-refractivity contribution is -0.110. The Hall–Kier alpha value is -0.780. The quantitative estimate of drug-likeness (QED) is 0.517. The van der Waals surface area contributed by atoms with E-state index in [2.05, 4.69) is 52.8 Å². The van der Waals surface area contributed by atoms with Crippen molar-refractivity contribution in [3.8, 4) is 0 Å². The smallest absolute Gasteiger partial charge is 0.00388 e. The van der Waals surface area contributed by atoms with Gasteiger partial charge in [-0.2, -0.15) is 0 Å². The Morgan fingerprint density at radius 2 is 1.70 bits per heavy atom. The summed E-state index contributed by atoms with van der Waals surface area (Å²) in [6.45, 7) is 12.6. The highest BCUT2D eigenvalue weighted by Crippen LogP contribution is 2.66. The molecule has 0 saturated heterocycles. The minimum Gasteiger partial charge on any atom is -0.0596 e. The number of rotatable bonds is 0. The fourth-order valence-electron chi connectivity index (χ4n) is 7.41. The van der Waals surface area contributed by atoms with Gasteiger partial charge in [0, 0.05) is 0 Å². The normalized spacial score (nSPS) is 41.6. The summed E-state index contributed by atoms with van der Waals surface area (Å²) in [6.07, 6.45) is 9.89. The molecule has 4 atom stereocenters. The van der Waals surface area contributed by atoms with Crippen molar-refractivity contribution in [2.75, 3.05) is 0 Å². The van der Waals surface area contributed by atoms with Crippen LogP contribution in [0, 0.1) is 29.6 Å². The fraction of sp³-hybridized carbons (Fsp3) is 0.739. The maximum atomic E-state index is 2.67. The van der Waals surface area contributed by atoms with Gasteiger partial charge in [-0.1, -0.05) is 57.9 Å². The van der Waals surface area contributed by atoms with Gasteiger partial charge in [0.05, 0.1) is 0 Å². The molecule has 0 N–H and O–H groups in total. The third-order valence-electron chi connectivity index (χ3n) is 8.37. The molecule has 0 nitrogen and oxygen atoms in total. The molecule has 0 heteroatoms. The summed E-state index contributed by atoms with van der Waals surface area (Å²) in [7, 11) is 0. The van der Waals surface area contributed by atoms with Crippen molar-refractivity contribution in [1.29, 1.82) is 0 Å². The van der Waals surface area contributed by atoms with E-state index in [1.54, 1.807) is 11.1 Å². The Bertz CT molecular complexity index is 625. The van der Waals surface area contributed by atoms with E-state index in [0.29, 0.717) is 16.2 Å².